The fourth-order valence-corrected chi connectivity index (χ4v) is 0.901. The molecule has 0 saturated heterocycles. The van der Waals surface area contributed by atoms with Crippen LogP contribution < -0.4 is 0 Å². The minimum absolute atomic E-state index is 0.602. The van der Waals surface area contributed by atoms with Crippen LogP contribution in [0.15, 0.2) is 37.1 Å². The van der Waals surface area contributed by atoms with Crippen molar-refractivity contribution in [3.05, 3.63) is 37.1 Å². The first-order valence-corrected chi connectivity index (χ1v) is 4.02. The fraction of sp³-hybridized carbons (Fsp3) is 0. The predicted octanol–water partition coefficient (Wildman–Crippen LogP) is 0.763. The van der Waals surface area contributed by atoms with Gasteiger partial charge < -0.3 is 9.97 Å². The Hall–Kier alpha value is -2.24. The summed E-state index contributed by atoms with van der Waals surface area (Å²) in [7, 11) is 0. The number of imidazole rings is 1. The molecule has 0 radical (unpaired) electrons. The van der Waals surface area contributed by atoms with E-state index in [0.29, 0.717) is 5.65 Å². The smallest absolute Gasteiger partial charge is 0.203 e. The van der Waals surface area contributed by atoms with Crippen LogP contribution in [0.4, 0.5) is 0 Å². The summed E-state index contributed by atoms with van der Waals surface area (Å²) in [6.07, 6.45) is 6.89. The van der Waals surface area contributed by atoms with Gasteiger partial charge in [-0.25, -0.2) is 4.98 Å². The lowest BCUT2D eigenvalue weighted by Gasteiger charge is -1.78. The highest BCUT2D eigenvalue weighted by atomic mass is 15.3. The van der Waals surface area contributed by atoms with Crippen LogP contribution in [0.25, 0.3) is 11.2 Å². The first-order chi connectivity index (χ1) is 6.97. The maximum atomic E-state index is 3.85. The van der Waals surface area contributed by atoms with Gasteiger partial charge in [0.1, 0.15) is 5.52 Å². The second-order valence-electron chi connectivity index (χ2n) is 2.46. The Kier molecular flexibility index (Phi) is 2.46. The molecule has 3 aromatic rings. The number of hydrogen-bond donors (Lipinski definition) is 2. The maximum Gasteiger partial charge on any atom is 0.203 e. The molecule has 0 saturated carbocycles. The molecule has 0 aromatic carbocycles. The van der Waals surface area contributed by atoms with Crippen molar-refractivity contribution < 1.29 is 0 Å². The zero-order valence-electron chi connectivity index (χ0n) is 7.25. The summed E-state index contributed by atoms with van der Waals surface area (Å²) in [5.74, 6) is 0. The number of fused-ring (bicyclic) bond motifs is 1. The van der Waals surface area contributed by atoms with Crippen LogP contribution in [0.1, 0.15) is 0 Å². The van der Waals surface area contributed by atoms with Gasteiger partial charge in [0.25, 0.3) is 0 Å². The number of rotatable bonds is 0. The van der Waals surface area contributed by atoms with Gasteiger partial charge in [-0.2, -0.15) is 0 Å². The van der Waals surface area contributed by atoms with Crippen molar-refractivity contribution in [3.8, 4) is 0 Å². The molecule has 0 unspecified atom stereocenters. The van der Waals surface area contributed by atoms with Gasteiger partial charge in [-0.3, -0.25) is 0 Å². The average Bonchev–Trinajstić information content (AvgIpc) is 2.92. The summed E-state index contributed by atoms with van der Waals surface area (Å²) in [6, 6.07) is 3.89. The predicted molar refractivity (Wildman–Crippen MR) is 50.3 cm³/mol. The van der Waals surface area contributed by atoms with E-state index in [-0.39, 0.29) is 0 Å². The zero-order chi connectivity index (χ0) is 9.64. The van der Waals surface area contributed by atoms with E-state index in [0.717, 1.165) is 5.52 Å². The Morgan fingerprint density at radius 2 is 2.00 bits per heavy atom. The molecule has 0 amide bonds. The van der Waals surface area contributed by atoms with Crippen molar-refractivity contribution in [1.82, 2.24) is 30.4 Å². The SMILES string of the molecule is c1cc[nH]c1.c1nc2nnncc2[nH]1. The Balaban J connectivity index is 0.000000128. The van der Waals surface area contributed by atoms with E-state index in [1.807, 2.05) is 24.5 Å². The summed E-state index contributed by atoms with van der Waals surface area (Å²) in [6.45, 7) is 0. The highest BCUT2D eigenvalue weighted by Gasteiger charge is 1.92. The molecule has 6 nitrogen and oxygen atoms in total. The molecule has 70 valence electrons. The van der Waals surface area contributed by atoms with Gasteiger partial charge in [-0.1, -0.05) is 0 Å². The van der Waals surface area contributed by atoms with Gasteiger partial charge in [0.05, 0.1) is 12.5 Å². The number of nitrogens with zero attached hydrogens (tertiary/aromatic N) is 4. The lowest BCUT2D eigenvalue weighted by molar-refractivity contribution is 0.888. The normalized spacial score (nSPS) is 9.43. The molecule has 3 rings (SSSR count). The highest BCUT2D eigenvalue weighted by Crippen LogP contribution is 1.97. The molecule has 0 aliphatic heterocycles. The van der Waals surface area contributed by atoms with Gasteiger partial charge in [-0.05, 0) is 17.3 Å². The van der Waals surface area contributed by atoms with Crippen LogP contribution in [-0.4, -0.2) is 30.4 Å². The van der Waals surface area contributed by atoms with Crippen molar-refractivity contribution in [2.75, 3.05) is 0 Å². The number of aromatic amines is 2. The van der Waals surface area contributed by atoms with Crippen molar-refractivity contribution in [2.45, 2.75) is 0 Å². The summed E-state index contributed by atoms with van der Waals surface area (Å²) in [4.78, 5) is 9.55. The second kappa shape index (κ2) is 4.13. The number of H-pyrrole nitrogens is 2. The van der Waals surface area contributed by atoms with Crippen molar-refractivity contribution >= 4 is 11.2 Å². The van der Waals surface area contributed by atoms with Gasteiger partial charge in [0, 0.05) is 12.4 Å². The third-order valence-electron chi connectivity index (χ3n) is 1.52. The molecule has 2 N–H and O–H groups in total. The average molecular weight is 188 g/mol. The van der Waals surface area contributed by atoms with Crippen LogP contribution in [-0.2, 0) is 0 Å². The quantitative estimate of drug-likeness (QED) is 0.545. The fourth-order valence-electron chi connectivity index (χ4n) is 0.901. The highest BCUT2D eigenvalue weighted by molar-refractivity contribution is 5.66. The summed E-state index contributed by atoms with van der Waals surface area (Å²) in [5.41, 5.74) is 1.41. The minimum Gasteiger partial charge on any atom is -0.368 e. The van der Waals surface area contributed by atoms with E-state index >= 15 is 0 Å². The number of aromatic nitrogens is 6. The van der Waals surface area contributed by atoms with Crippen LogP contribution >= 0.6 is 0 Å². The van der Waals surface area contributed by atoms with Gasteiger partial charge in [0.15, 0.2) is 0 Å². The maximum absolute atomic E-state index is 3.85. The Morgan fingerprint density at radius 1 is 1.14 bits per heavy atom. The van der Waals surface area contributed by atoms with E-state index in [4.69, 9.17) is 0 Å². The summed E-state index contributed by atoms with van der Waals surface area (Å²) < 4.78 is 0. The topological polar surface area (TPSA) is 83.1 Å². The zero-order valence-corrected chi connectivity index (χ0v) is 7.25. The molecule has 3 aromatic heterocycles. The van der Waals surface area contributed by atoms with Crippen LogP contribution in [0.3, 0.4) is 0 Å². The summed E-state index contributed by atoms with van der Waals surface area (Å²) in [5, 5.41) is 10.6. The molecule has 14 heavy (non-hydrogen) atoms. The molecule has 0 bridgehead atoms. The Labute approximate surface area is 79.4 Å². The second-order valence-corrected chi connectivity index (χ2v) is 2.46. The standard InChI is InChI=1S/C4H3N5.C4H5N/c1-3-4(6-2-5-3)8-9-7-1;1-2-4-5-3-1/h1-2H,(H,5,6,7,8);1-5H. The molecule has 0 aliphatic rings. The van der Waals surface area contributed by atoms with Crippen LogP contribution in [0, 0.1) is 0 Å². The Bertz CT molecular complexity index is 424. The minimum atomic E-state index is 0.602. The van der Waals surface area contributed by atoms with E-state index in [1.54, 1.807) is 12.5 Å². The largest absolute Gasteiger partial charge is 0.368 e. The van der Waals surface area contributed by atoms with Gasteiger partial charge >= 0.3 is 0 Å². The van der Waals surface area contributed by atoms with Crippen molar-refractivity contribution in [3.63, 3.8) is 0 Å². The molecule has 3 heterocycles. The first kappa shape index (κ1) is 8.36. The third-order valence-corrected chi connectivity index (χ3v) is 1.52. The molecule has 0 spiro atoms. The van der Waals surface area contributed by atoms with E-state index in [2.05, 4.69) is 30.4 Å². The van der Waals surface area contributed by atoms with Crippen molar-refractivity contribution in [1.29, 1.82) is 0 Å². The number of nitrogens with one attached hydrogen (secondary N) is 2. The van der Waals surface area contributed by atoms with E-state index in [9.17, 15) is 0 Å². The lowest BCUT2D eigenvalue weighted by atomic mass is 10.6. The van der Waals surface area contributed by atoms with Crippen LogP contribution in [0.2, 0.25) is 0 Å². The molecule has 6 heteroatoms. The van der Waals surface area contributed by atoms with E-state index in [1.165, 1.54) is 0 Å². The molecule has 0 aliphatic carbocycles. The van der Waals surface area contributed by atoms with E-state index < -0.39 is 0 Å². The van der Waals surface area contributed by atoms with Crippen LogP contribution in [0.5, 0.6) is 0 Å². The molecular weight excluding hydrogens is 180 g/mol. The summed E-state index contributed by atoms with van der Waals surface area (Å²) >= 11 is 0. The lowest BCUT2D eigenvalue weighted by Crippen LogP contribution is -1.84. The third kappa shape index (κ3) is 1.92. The Morgan fingerprint density at radius 3 is 2.64 bits per heavy atom. The van der Waals surface area contributed by atoms with Crippen molar-refractivity contribution in [2.24, 2.45) is 0 Å². The van der Waals surface area contributed by atoms with Gasteiger partial charge in [0.2, 0.25) is 5.65 Å². The first-order valence-electron chi connectivity index (χ1n) is 4.02. The molecule has 0 fully saturated rings. The monoisotopic (exact) mass is 188 g/mol. The number of hydrogen-bond acceptors (Lipinski definition) is 4. The van der Waals surface area contributed by atoms with Gasteiger partial charge in [-0.15, -0.1) is 10.2 Å². The molecule has 0 atom stereocenters. The molecular formula is C8H8N6.